The van der Waals surface area contributed by atoms with Gasteiger partial charge in [0.1, 0.15) is 5.82 Å². The number of carbonyl (C=O) groups excluding carboxylic acids is 1. The first-order valence-corrected chi connectivity index (χ1v) is 7.01. The van der Waals surface area contributed by atoms with E-state index in [9.17, 15) is 4.79 Å². The van der Waals surface area contributed by atoms with E-state index in [-0.39, 0.29) is 0 Å². The number of pyridine rings is 1. The van der Waals surface area contributed by atoms with Crippen LogP contribution in [0.2, 0.25) is 0 Å². The normalized spacial score (nSPS) is 15.2. The minimum Gasteiger partial charge on any atom is -0.465 e. The van der Waals surface area contributed by atoms with Crippen molar-refractivity contribution < 1.29 is 9.53 Å². The number of nitrogens with two attached hydrogens (primary N) is 1. The van der Waals surface area contributed by atoms with E-state index in [0.29, 0.717) is 17.1 Å². The Balaban J connectivity index is 1.84. The van der Waals surface area contributed by atoms with Crippen LogP contribution in [0.3, 0.4) is 0 Å². The van der Waals surface area contributed by atoms with E-state index in [1.807, 2.05) is 0 Å². The number of esters is 1. The van der Waals surface area contributed by atoms with Crippen molar-refractivity contribution in [1.82, 2.24) is 9.88 Å². The van der Waals surface area contributed by atoms with Gasteiger partial charge >= 0.3 is 5.97 Å². The topological polar surface area (TPSA) is 80.5 Å². The molecular formula is C14H22N4O2. The number of hydrogen-bond acceptors (Lipinski definition) is 6. The van der Waals surface area contributed by atoms with Gasteiger partial charge in [0.15, 0.2) is 0 Å². The van der Waals surface area contributed by atoms with Gasteiger partial charge in [-0.2, -0.15) is 0 Å². The lowest BCUT2D eigenvalue weighted by atomic mass is 10.2. The van der Waals surface area contributed by atoms with E-state index in [0.717, 1.165) is 19.5 Å². The van der Waals surface area contributed by atoms with Crippen LogP contribution >= 0.6 is 0 Å². The molecule has 1 aliphatic heterocycles. The maximum absolute atomic E-state index is 11.5. The van der Waals surface area contributed by atoms with Gasteiger partial charge in [-0.3, -0.25) is 0 Å². The zero-order valence-corrected chi connectivity index (χ0v) is 11.9. The zero-order valence-electron chi connectivity index (χ0n) is 11.9. The molecule has 0 unspecified atom stereocenters. The van der Waals surface area contributed by atoms with Crippen molar-refractivity contribution in [3.05, 3.63) is 17.8 Å². The number of carbonyl (C=O) groups is 1. The molecule has 2 rings (SSSR count). The standard InChI is InChI=1S/C14H22N4O2/c1-20-14(19)11-5-7-17-13(12(11)15)16-6-4-10-18-8-2-3-9-18/h5,7H,2-4,6,8-10,15H2,1H3,(H,16,17). The predicted molar refractivity (Wildman–Crippen MR) is 78.8 cm³/mol. The molecule has 2 heterocycles. The van der Waals surface area contributed by atoms with Gasteiger partial charge < -0.3 is 20.7 Å². The molecule has 0 bridgehead atoms. The Morgan fingerprint density at radius 3 is 2.95 bits per heavy atom. The largest absolute Gasteiger partial charge is 0.465 e. The Morgan fingerprint density at radius 2 is 2.25 bits per heavy atom. The fraction of sp³-hybridized carbons (Fsp3) is 0.571. The lowest BCUT2D eigenvalue weighted by Gasteiger charge is -2.15. The number of nitrogens with one attached hydrogen (secondary N) is 1. The van der Waals surface area contributed by atoms with Crippen LogP contribution in [0.15, 0.2) is 12.3 Å². The number of anilines is 2. The highest BCUT2D eigenvalue weighted by molar-refractivity contribution is 5.97. The van der Waals surface area contributed by atoms with Crippen LogP contribution in [-0.2, 0) is 4.74 Å². The third-order valence-electron chi connectivity index (χ3n) is 3.54. The Morgan fingerprint density at radius 1 is 1.50 bits per heavy atom. The van der Waals surface area contributed by atoms with Crippen LogP contribution < -0.4 is 11.1 Å². The molecule has 1 fully saturated rings. The van der Waals surface area contributed by atoms with Crippen molar-refractivity contribution in [3.8, 4) is 0 Å². The monoisotopic (exact) mass is 278 g/mol. The van der Waals surface area contributed by atoms with Crippen molar-refractivity contribution in [3.63, 3.8) is 0 Å². The highest BCUT2D eigenvalue weighted by Crippen LogP contribution is 2.20. The zero-order chi connectivity index (χ0) is 14.4. The van der Waals surface area contributed by atoms with Crippen LogP contribution in [0.4, 0.5) is 11.5 Å². The number of aromatic nitrogens is 1. The maximum atomic E-state index is 11.5. The van der Waals surface area contributed by atoms with Crippen molar-refractivity contribution in [1.29, 1.82) is 0 Å². The van der Waals surface area contributed by atoms with Gasteiger partial charge in [0.25, 0.3) is 0 Å². The summed E-state index contributed by atoms with van der Waals surface area (Å²) >= 11 is 0. The van der Waals surface area contributed by atoms with E-state index in [1.54, 1.807) is 12.3 Å². The summed E-state index contributed by atoms with van der Waals surface area (Å²) in [6.45, 7) is 4.29. The molecule has 6 heteroatoms. The van der Waals surface area contributed by atoms with Crippen molar-refractivity contribution in [2.75, 3.05) is 44.3 Å². The van der Waals surface area contributed by atoms with Crippen LogP contribution in [0.5, 0.6) is 0 Å². The summed E-state index contributed by atoms with van der Waals surface area (Å²) in [5.41, 5.74) is 6.63. The van der Waals surface area contributed by atoms with E-state index >= 15 is 0 Å². The molecule has 0 atom stereocenters. The lowest BCUT2D eigenvalue weighted by Crippen LogP contribution is -2.22. The smallest absolute Gasteiger partial charge is 0.340 e. The SMILES string of the molecule is COC(=O)c1ccnc(NCCCN2CCCC2)c1N. The Hall–Kier alpha value is -1.82. The Bertz CT molecular complexity index is 458. The molecule has 3 N–H and O–H groups in total. The molecule has 1 aliphatic rings. The van der Waals surface area contributed by atoms with Crippen LogP contribution in [0, 0.1) is 0 Å². The minimum absolute atomic E-state index is 0.348. The molecule has 0 spiro atoms. The molecule has 0 saturated carbocycles. The maximum Gasteiger partial charge on any atom is 0.340 e. The summed E-state index contributed by atoms with van der Waals surface area (Å²) < 4.78 is 4.68. The molecule has 0 aliphatic carbocycles. The van der Waals surface area contributed by atoms with E-state index in [1.165, 1.54) is 33.0 Å². The number of ether oxygens (including phenoxy) is 1. The fourth-order valence-electron chi connectivity index (χ4n) is 2.42. The average molecular weight is 278 g/mol. The summed E-state index contributed by atoms with van der Waals surface area (Å²) in [6, 6.07) is 1.57. The van der Waals surface area contributed by atoms with Crippen LogP contribution in [-0.4, -0.2) is 49.1 Å². The number of methoxy groups -OCH3 is 1. The number of likely N-dealkylation sites (tertiary alicyclic amines) is 1. The third kappa shape index (κ3) is 3.60. The highest BCUT2D eigenvalue weighted by atomic mass is 16.5. The number of nitrogens with zero attached hydrogens (tertiary/aromatic N) is 2. The van der Waals surface area contributed by atoms with Gasteiger partial charge in [-0.25, -0.2) is 9.78 Å². The van der Waals surface area contributed by atoms with Crippen molar-refractivity contribution in [2.45, 2.75) is 19.3 Å². The van der Waals surface area contributed by atoms with Gasteiger partial charge in [0.05, 0.1) is 18.4 Å². The van der Waals surface area contributed by atoms with Crippen LogP contribution in [0.1, 0.15) is 29.6 Å². The summed E-state index contributed by atoms with van der Waals surface area (Å²) in [5, 5.41) is 3.19. The molecule has 1 aromatic heterocycles. The molecule has 6 nitrogen and oxygen atoms in total. The molecule has 1 aromatic rings. The number of hydrogen-bond donors (Lipinski definition) is 2. The van der Waals surface area contributed by atoms with Gasteiger partial charge in [0, 0.05) is 12.7 Å². The highest BCUT2D eigenvalue weighted by Gasteiger charge is 2.14. The summed E-state index contributed by atoms with van der Waals surface area (Å²) in [7, 11) is 1.34. The molecule has 20 heavy (non-hydrogen) atoms. The molecule has 0 aromatic carbocycles. The van der Waals surface area contributed by atoms with E-state index in [4.69, 9.17) is 5.73 Å². The first-order chi connectivity index (χ1) is 9.72. The molecule has 110 valence electrons. The number of rotatable bonds is 6. The number of nitrogen functional groups attached to an aromatic ring is 1. The van der Waals surface area contributed by atoms with Gasteiger partial charge in [0.2, 0.25) is 0 Å². The summed E-state index contributed by atoms with van der Waals surface area (Å²) in [5.74, 6) is 0.110. The van der Waals surface area contributed by atoms with Gasteiger partial charge in [-0.05, 0) is 45.0 Å². The van der Waals surface area contributed by atoms with Crippen molar-refractivity contribution >= 4 is 17.5 Å². The second-order valence-electron chi connectivity index (χ2n) is 4.94. The Labute approximate surface area is 119 Å². The second kappa shape index (κ2) is 7.09. The molecule has 0 radical (unpaired) electrons. The average Bonchev–Trinajstić information content (AvgIpc) is 2.97. The van der Waals surface area contributed by atoms with Crippen molar-refractivity contribution in [2.24, 2.45) is 0 Å². The predicted octanol–water partition coefficient (Wildman–Crippen LogP) is 1.35. The molecule has 0 amide bonds. The molecular weight excluding hydrogens is 256 g/mol. The second-order valence-corrected chi connectivity index (χ2v) is 4.94. The first-order valence-electron chi connectivity index (χ1n) is 7.01. The Kier molecular flexibility index (Phi) is 5.17. The van der Waals surface area contributed by atoms with Gasteiger partial charge in [-0.1, -0.05) is 0 Å². The fourth-order valence-corrected chi connectivity index (χ4v) is 2.42. The first kappa shape index (κ1) is 14.6. The third-order valence-corrected chi connectivity index (χ3v) is 3.54. The van der Waals surface area contributed by atoms with E-state index in [2.05, 4.69) is 19.9 Å². The molecule has 1 saturated heterocycles. The summed E-state index contributed by atoms with van der Waals surface area (Å²) in [4.78, 5) is 18.2. The van der Waals surface area contributed by atoms with Gasteiger partial charge in [-0.15, -0.1) is 0 Å². The quantitative estimate of drug-likeness (QED) is 0.604. The minimum atomic E-state index is -0.440. The van der Waals surface area contributed by atoms with Crippen LogP contribution in [0.25, 0.3) is 0 Å². The lowest BCUT2D eigenvalue weighted by molar-refractivity contribution is 0.0602. The van der Waals surface area contributed by atoms with E-state index < -0.39 is 5.97 Å². The summed E-state index contributed by atoms with van der Waals surface area (Å²) in [6.07, 6.45) is 5.21.